The standard InChI is InChI=1S/C27H37NO6S/c1-4-17-35-18-7-14-28(27(31)34-24-9-6-8-21(3)19-24)15-16-33-23-12-10-22(11-13-23)20-25(26(29)30)32-5-2/h6,8-13,19,25H,4-5,7,14-18,20H2,1-3H3,(H,29,30). The average Bonchev–Trinajstić information content (AvgIpc) is 2.83. The van der Waals surface area contributed by atoms with Crippen LogP contribution in [0.3, 0.4) is 0 Å². The van der Waals surface area contributed by atoms with Gasteiger partial charge in [-0.2, -0.15) is 11.8 Å². The molecule has 0 fully saturated rings. The molecule has 2 rings (SSSR count). The number of rotatable bonds is 16. The van der Waals surface area contributed by atoms with Crippen LogP contribution in [0.1, 0.15) is 37.8 Å². The number of carboxylic acid groups (broad SMARTS) is 1. The van der Waals surface area contributed by atoms with E-state index in [0.717, 1.165) is 35.5 Å². The Kier molecular flexibility index (Phi) is 13.1. The number of aliphatic carboxylic acids is 1. The summed E-state index contributed by atoms with van der Waals surface area (Å²) in [6, 6.07) is 14.7. The fourth-order valence-electron chi connectivity index (χ4n) is 3.37. The van der Waals surface area contributed by atoms with Crippen molar-refractivity contribution in [3.05, 3.63) is 59.7 Å². The fraction of sp³-hybridized carbons (Fsp3) is 0.481. The van der Waals surface area contributed by atoms with E-state index in [9.17, 15) is 14.7 Å². The first-order chi connectivity index (χ1) is 16.9. The van der Waals surface area contributed by atoms with Gasteiger partial charge in [0.2, 0.25) is 0 Å². The van der Waals surface area contributed by atoms with Gasteiger partial charge in [-0.15, -0.1) is 0 Å². The lowest BCUT2D eigenvalue weighted by Crippen LogP contribution is -2.37. The molecule has 1 amide bonds. The molecule has 0 heterocycles. The topological polar surface area (TPSA) is 85.3 Å². The Hall–Kier alpha value is -2.71. The van der Waals surface area contributed by atoms with Gasteiger partial charge in [0.25, 0.3) is 0 Å². The van der Waals surface area contributed by atoms with Gasteiger partial charge in [-0.05, 0) is 73.6 Å². The van der Waals surface area contributed by atoms with Crippen LogP contribution >= 0.6 is 11.8 Å². The van der Waals surface area contributed by atoms with E-state index >= 15 is 0 Å². The van der Waals surface area contributed by atoms with Crippen LogP contribution in [0, 0.1) is 6.92 Å². The number of thioether (sulfide) groups is 1. The Bertz CT molecular complexity index is 905. The summed E-state index contributed by atoms with van der Waals surface area (Å²) < 4.78 is 16.7. The summed E-state index contributed by atoms with van der Waals surface area (Å²) in [4.78, 5) is 25.8. The van der Waals surface area contributed by atoms with E-state index in [-0.39, 0.29) is 12.5 Å². The maximum absolute atomic E-state index is 12.8. The van der Waals surface area contributed by atoms with Crippen molar-refractivity contribution < 1.29 is 28.9 Å². The SMILES string of the molecule is CCCSCCCN(CCOc1ccc(CC(OCC)C(=O)O)cc1)C(=O)Oc1cccc(C)c1. The molecule has 0 aliphatic rings. The smallest absolute Gasteiger partial charge is 0.415 e. The Morgan fingerprint density at radius 2 is 1.80 bits per heavy atom. The van der Waals surface area contributed by atoms with Crippen LogP contribution in [-0.4, -0.2) is 66.0 Å². The number of hydrogen-bond acceptors (Lipinski definition) is 6. The Balaban J connectivity index is 1.90. The van der Waals surface area contributed by atoms with Crippen molar-refractivity contribution in [3.8, 4) is 11.5 Å². The number of nitrogens with zero attached hydrogens (tertiary/aromatic N) is 1. The van der Waals surface area contributed by atoms with Gasteiger partial charge in [0, 0.05) is 19.6 Å². The summed E-state index contributed by atoms with van der Waals surface area (Å²) in [7, 11) is 0. The second kappa shape index (κ2) is 16.1. The van der Waals surface area contributed by atoms with Gasteiger partial charge in [-0.25, -0.2) is 9.59 Å². The van der Waals surface area contributed by atoms with Crippen LogP contribution in [0.4, 0.5) is 4.79 Å². The molecule has 0 saturated heterocycles. The molecule has 35 heavy (non-hydrogen) atoms. The average molecular weight is 504 g/mol. The lowest BCUT2D eigenvalue weighted by Gasteiger charge is -2.22. The first-order valence-electron chi connectivity index (χ1n) is 12.1. The zero-order valence-electron chi connectivity index (χ0n) is 20.9. The predicted octanol–water partition coefficient (Wildman–Crippen LogP) is 5.44. The molecule has 1 N–H and O–H groups in total. The van der Waals surface area contributed by atoms with Gasteiger partial charge in [-0.1, -0.05) is 31.2 Å². The van der Waals surface area contributed by atoms with E-state index in [4.69, 9.17) is 14.2 Å². The molecule has 2 aromatic carbocycles. The summed E-state index contributed by atoms with van der Waals surface area (Å²) >= 11 is 1.89. The van der Waals surface area contributed by atoms with Crippen molar-refractivity contribution in [1.29, 1.82) is 0 Å². The van der Waals surface area contributed by atoms with Crippen molar-refractivity contribution in [3.63, 3.8) is 0 Å². The number of benzene rings is 2. The second-order valence-corrected chi connectivity index (χ2v) is 9.34. The van der Waals surface area contributed by atoms with E-state index in [0.29, 0.717) is 37.8 Å². The number of carbonyl (C=O) groups is 2. The molecule has 0 aliphatic carbocycles. The number of amides is 1. The highest BCUT2D eigenvalue weighted by Gasteiger charge is 2.18. The van der Waals surface area contributed by atoms with Crippen LogP contribution in [-0.2, 0) is 16.0 Å². The summed E-state index contributed by atoms with van der Waals surface area (Å²) in [5.74, 6) is 2.32. The minimum absolute atomic E-state index is 0.290. The fourth-order valence-corrected chi connectivity index (χ4v) is 4.20. The zero-order chi connectivity index (χ0) is 25.5. The Labute approximate surface area is 212 Å². The van der Waals surface area contributed by atoms with Gasteiger partial charge in [0.15, 0.2) is 6.10 Å². The van der Waals surface area contributed by atoms with Crippen LogP contribution in [0.15, 0.2) is 48.5 Å². The zero-order valence-corrected chi connectivity index (χ0v) is 21.7. The first-order valence-corrected chi connectivity index (χ1v) is 13.3. The maximum atomic E-state index is 12.8. The quantitative estimate of drug-likeness (QED) is 0.305. The van der Waals surface area contributed by atoms with Crippen molar-refractivity contribution in [2.75, 3.05) is 37.8 Å². The van der Waals surface area contributed by atoms with Crippen molar-refractivity contribution in [1.82, 2.24) is 4.90 Å². The molecule has 0 aliphatic heterocycles. The lowest BCUT2D eigenvalue weighted by atomic mass is 10.1. The first kappa shape index (κ1) is 28.5. The molecule has 1 unspecified atom stereocenters. The third-order valence-corrected chi connectivity index (χ3v) is 6.41. The molecule has 1 atom stereocenters. The largest absolute Gasteiger partial charge is 0.492 e. The van der Waals surface area contributed by atoms with Gasteiger partial charge in [-0.3, -0.25) is 0 Å². The lowest BCUT2D eigenvalue weighted by molar-refractivity contribution is -0.149. The number of carboxylic acids is 1. The maximum Gasteiger partial charge on any atom is 0.415 e. The molecule has 8 heteroatoms. The number of aryl methyl sites for hydroxylation is 1. The van der Waals surface area contributed by atoms with Crippen LogP contribution in [0.25, 0.3) is 0 Å². The molecule has 0 spiro atoms. The van der Waals surface area contributed by atoms with E-state index in [1.165, 1.54) is 0 Å². The van der Waals surface area contributed by atoms with Gasteiger partial charge in [0.05, 0.1) is 6.54 Å². The van der Waals surface area contributed by atoms with Gasteiger partial charge in [0.1, 0.15) is 18.1 Å². The molecule has 0 bridgehead atoms. The number of ether oxygens (including phenoxy) is 3. The molecular formula is C27H37NO6S. The van der Waals surface area contributed by atoms with Crippen molar-refractivity contribution >= 4 is 23.8 Å². The van der Waals surface area contributed by atoms with E-state index in [2.05, 4.69) is 6.92 Å². The molecule has 0 radical (unpaired) electrons. The summed E-state index contributed by atoms with van der Waals surface area (Å²) in [5.41, 5.74) is 1.88. The van der Waals surface area contributed by atoms with E-state index in [1.54, 1.807) is 30.0 Å². The third-order valence-electron chi connectivity index (χ3n) is 5.14. The summed E-state index contributed by atoms with van der Waals surface area (Å²) in [6.45, 7) is 7.55. The number of carbonyl (C=O) groups excluding carboxylic acids is 1. The normalized spacial score (nSPS) is 11.6. The molecule has 7 nitrogen and oxygen atoms in total. The van der Waals surface area contributed by atoms with Crippen LogP contribution < -0.4 is 9.47 Å². The van der Waals surface area contributed by atoms with E-state index < -0.39 is 12.1 Å². The molecular weight excluding hydrogens is 466 g/mol. The highest BCUT2D eigenvalue weighted by Crippen LogP contribution is 2.16. The minimum Gasteiger partial charge on any atom is -0.492 e. The minimum atomic E-state index is -0.974. The predicted molar refractivity (Wildman–Crippen MR) is 140 cm³/mol. The van der Waals surface area contributed by atoms with Gasteiger partial charge >= 0.3 is 12.1 Å². The summed E-state index contributed by atoms with van der Waals surface area (Å²) in [5, 5.41) is 9.25. The van der Waals surface area contributed by atoms with Gasteiger partial charge < -0.3 is 24.2 Å². The Morgan fingerprint density at radius 3 is 2.46 bits per heavy atom. The second-order valence-electron chi connectivity index (χ2n) is 8.12. The van der Waals surface area contributed by atoms with Crippen LogP contribution in [0.5, 0.6) is 11.5 Å². The third kappa shape index (κ3) is 11.0. The molecule has 0 saturated carbocycles. The molecule has 0 aromatic heterocycles. The highest BCUT2D eigenvalue weighted by molar-refractivity contribution is 7.99. The Morgan fingerprint density at radius 1 is 1.03 bits per heavy atom. The van der Waals surface area contributed by atoms with Crippen molar-refractivity contribution in [2.45, 2.75) is 46.1 Å². The summed E-state index contributed by atoms with van der Waals surface area (Å²) in [6.07, 6.45) is 1.06. The van der Waals surface area contributed by atoms with Crippen LogP contribution in [0.2, 0.25) is 0 Å². The monoisotopic (exact) mass is 503 g/mol. The van der Waals surface area contributed by atoms with E-state index in [1.807, 2.05) is 49.0 Å². The highest BCUT2D eigenvalue weighted by atomic mass is 32.2. The molecule has 2 aromatic rings. The number of hydrogen-bond donors (Lipinski definition) is 1. The van der Waals surface area contributed by atoms with Crippen molar-refractivity contribution in [2.24, 2.45) is 0 Å². The molecule has 192 valence electrons.